The van der Waals surface area contributed by atoms with Gasteiger partial charge in [-0.25, -0.2) is 8.42 Å². The lowest BCUT2D eigenvalue weighted by molar-refractivity contribution is -0.384. The van der Waals surface area contributed by atoms with E-state index in [1.54, 1.807) is 22.6 Å². The van der Waals surface area contributed by atoms with E-state index in [0.717, 1.165) is 37.0 Å². The molecule has 2 amide bonds. The van der Waals surface area contributed by atoms with Crippen LogP contribution in [0.1, 0.15) is 32.6 Å². The van der Waals surface area contributed by atoms with Crippen LogP contribution < -0.4 is 4.80 Å². The summed E-state index contributed by atoms with van der Waals surface area (Å²) in [7, 11) is -2.34. The first kappa shape index (κ1) is 23.1. The van der Waals surface area contributed by atoms with E-state index in [0.29, 0.717) is 16.8 Å². The highest BCUT2D eigenvalue weighted by molar-refractivity contribution is 7.92. The highest BCUT2D eigenvalue weighted by Gasteiger charge is 2.29. The number of fused-ring (bicyclic) bond motifs is 1. The number of thiazole rings is 1. The highest BCUT2D eigenvalue weighted by atomic mass is 32.2. The first-order chi connectivity index (χ1) is 14.6. The second-order valence-electron chi connectivity index (χ2n) is 7.54. The number of sulfone groups is 1. The number of carbonyl (C=O) groups excluding carboxylic acids is 2. The molecule has 3 rings (SSSR count). The molecule has 1 unspecified atom stereocenters. The van der Waals surface area contributed by atoms with Gasteiger partial charge in [0.05, 0.1) is 15.1 Å². The van der Waals surface area contributed by atoms with Gasteiger partial charge in [0.25, 0.3) is 11.6 Å². The third-order valence-electron chi connectivity index (χ3n) is 5.33. The van der Waals surface area contributed by atoms with Gasteiger partial charge >= 0.3 is 0 Å². The predicted molar refractivity (Wildman–Crippen MR) is 116 cm³/mol. The molecule has 0 aliphatic carbocycles. The largest absolute Gasteiger partial charge is 0.339 e. The minimum absolute atomic E-state index is 0.0403. The Bertz CT molecular complexity index is 1200. The summed E-state index contributed by atoms with van der Waals surface area (Å²) in [6.45, 7) is 2.50. The summed E-state index contributed by atoms with van der Waals surface area (Å²) in [5.74, 6) is -2.93. The Morgan fingerprint density at radius 2 is 2.03 bits per heavy atom. The van der Waals surface area contributed by atoms with Crippen LogP contribution in [0.25, 0.3) is 10.2 Å². The molecule has 2 aromatic rings. The van der Waals surface area contributed by atoms with Crippen LogP contribution in [-0.2, 0) is 26.5 Å². The van der Waals surface area contributed by atoms with Crippen LogP contribution >= 0.6 is 11.3 Å². The molecular weight excluding hydrogens is 444 g/mol. The van der Waals surface area contributed by atoms with Crippen molar-refractivity contribution in [2.45, 2.75) is 38.6 Å². The number of rotatable bonds is 6. The number of hydrogen-bond donors (Lipinski definition) is 0. The number of nitro benzene ring substituents is 1. The van der Waals surface area contributed by atoms with Crippen molar-refractivity contribution >= 4 is 48.9 Å². The van der Waals surface area contributed by atoms with Gasteiger partial charge in [-0.15, -0.1) is 0 Å². The van der Waals surface area contributed by atoms with E-state index in [-0.39, 0.29) is 16.5 Å². The zero-order valence-electron chi connectivity index (χ0n) is 17.3. The van der Waals surface area contributed by atoms with Gasteiger partial charge < -0.3 is 9.47 Å². The molecule has 10 nitrogen and oxygen atoms in total. The summed E-state index contributed by atoms with van der Waals surface area (Å²) >= 11 is 1.05. The number of carbonyl (C=O) groups is 2. The van der Waals surface area contributed by atoms with Crippen molar-refractivity contribution < 1.29 is 22.9 Å². The second-order valence-corrected chi connectivity index (χ2v) is 10.6. The van der Waals surface area contributed by atoms with Gasteiger partial charge in [-0.05, 0) is 31.7 Å². The number of aryl methyl sites for hydroxylation is 1. The minimum Gasteiger partial charge on any atom is -0.339 e. The van der Waals surface area contributed by atoms with Crippen LogP contribution in [0.4, 0.5) is 5.69 Å². The van der Waals surface area contributed by atoms with E-state index in [4.69, 9.17) is 0 Å². The predicted octanol–water partition coefficient (Wildman–Crippen LogP) is 1.78. The molecule has 168 valence electrons. The number of hydrogen-bond acceptors (Lipinski definition) is 7. The zero-order valence-corrected chi connectivity index (χ0v) is 18.9. The molecule has 1 aliphatic heterocycles. The molecule has 0 N–H and O–H groups in total. The van der Waals surface area contributed by atoms with E-state index < -0.39 is 38.1 Å². The zero-order chi connectivity index (χ0) is 22.8. The Hall–Kier alpha value is -2.60. The quantitative estimate of drug-likeness (QED) is 0.469. The number of nitro groups is 1. The second kappa shape index (κ2) is 9.27. The first-order valence-corrected chi connectivity index (χ1v) is 12.6. The van der Waals surface area contributed by atoms with Crippen molar-refractivity contribution in [2.75, 3.05) is 18.1 Å². The third kappa shape index (κ3) is 5.37. The number of likely N-dealkylation sites (tertiary alicyclic amines) is 1. The summed E-state index contributed by atoms with van der Waals surface area (Å²) in [6.07, 6.45) is 3.48. The molecule has 0 bridgehead atoms. The van der Waals surface area contributed by atoms with Gasteiger partial charge in [0.2, 0.25) is 5.91 Å². The molecule has 1 fully saturated rings. The molecule has 1 aromatic heterocycles. The maximum absolute atomic E-state index is 12.5. The molecule has 31 heavy (non-hydrogen) atoms. The number of aromatic nitrogens is 1. The lowest BCUT2D eigenvalue weighted by atomic mass is 10.0. The van der Waals surface area contributed by atoms with Gasteiger partial charge in [-0.1, -0.05) is 18.3 Å². The van der Waals surface area contributed by atoms with Gasteiger partial charge in [0.15, 0.2) is 14.6 Å². The normalized spacial score (nSPS) is 17.8. The Labute approximate surface area is 183 Å². The maximum Gasteiger partial charge on any atom is 0.270 e. The highest BCUT2D eigenvalue weighted by Crippen LogP contribution is 2.23. The van der Waals surface area contributed by atoms with E-state index in [2.05, 4.69) is 4.99 Å². The topological polar surface area (TPSA) is 132 Å². The summed E-state index contributed by atoms with van der Waals surface area (Å²) in [5, 5.41) is 10.9. The Kier molecular flexibility index (Phi) is 6.90. The van der Waals surface area contributed by atoms with Gasteiger partial charge in [-0.2, -0.15) is 4.99 Å². The monoisotopic (exact) mass is 468 g/mol. The fourth-order valence-electron chi connectivity index (χ4n) is 3.75. The van der Waals surface area contributed by atoms with Gasteiger partial charge in [0, 0.05) is 31.8 Å². The molecule has 0 spiro atoms. The van der Waals surface area contributed by atoms with Crippen molar-refractivity contribution in [2.24, 2.45) is 12.0 Å². The number of non-ortho nitro benzene ring substituents is 1. The van der Waals surface area contributed by atoms with Crippen molar-refractivity contribution in [1.82, 2.24) is 9.47 Å². The fraction of sp³-hybridized carbons (Fsp3) is 0.526. The maximum atomic E-state index is 12.5. The van der Waals surface area contributed by atoms with Gasteiger partial charge in [-0.3, -0.25) is 19.7 Å². The van der Waals surface area contributed by atoms with Crippen LogP contribution in [-0.4, -0.2) is 58.7 Å². The molecular formula is C19H24N4O6S2. The SMILES string of the molecule is CCC1CCCCN1C(=O)CS(=O)(=O)CC(=O)N=c1sc2cc([N+](=O)[O-])ccc2n1C. The molecule has 12 heteroatoms. The molecule has 1 atom stereocenters. The smallest absolute Gasteiger partial charge is 0.270 e. The first-order valence-electron chi connectivity index (χ1n) is 9.92. The summed E-state index contributed by atoms with van der Waals surface area (Å²) in [5.41, 5.74) is 0.548. The molecule has 2 heterocycles. The summed E-state index contributed by atoms with van der Waals surface area (Å²) in [4.78, 5) is 41.0. The number of benzene rings is 1. The van der Waals surface area contributed by atoms with Crippen molar-refractivity contribution in [1.29, 1.82) is 0 Å². The Balaban J connectivity index is 1.76. The fourth-order valence-corrected chi connectivity index (χ4v) is 5.90. The average Bonchev–Trinajstić information content (AvgIpc) is 3.01. The Morgan fingerprint density at radius 1 is 1.29 bits per heavy atom. The molecule has 1 aliphatic rings. The van der Waals surface area contributed by atoms with E-state index in [1.165, 1.54) is 12.1 Å². The molecule has 0 saturated carbocycles. The van der Waals surface area contributed by atoms with Crippen molar-refractivity contribution in [3.8, 4) is 0 Å². The molecule has 0 radical (unpaired) electrons. The van der Waals surface area contributed by atoms with E-state index in [1.807, 2.05) is 6.92 Å². The molecule has 1 saturated heterocycles. The van der Waals surface area contributed by atoms with Crippen LogP contribution in [0.5, 0.6) is 0 Å². The molecule has 1 aromatic carbocycles. The van der Waals surface area contributed by atoms with Crippen LogP contribution in [0.15, 0.2) is 23.2 Å². The number of nitrogens with zero attached hydrogens (tertiary/aromatic N) is 4. The number of piperidine rings is 1. The van der Waals surface area contributed by atoms with Crippen LogP contribution in [0.3, 0.4) is 0 Å². The van der Waals surface area contributed by atoms with Crippen molar-refractivity contribution in [3.05, 3.63) is 33.1 Å². The standard InChI is InChI=1S/C19H24N4O6S2/c1-3-13-6-4-5-9-22(13)18(25)12-31(28,29)11-17(24)20-19-21(2)15-8-7-14(23(26)27)10-16(15)30-19/h7-8,10,13H,3-6,9,11-12H2,1-2H3. The average molecular weight is 469 g/mol. The van der Waals surface area contributed by atoms with Crippen LogP contribution in [0, 0.1) is 10.1 Å². The van der Waals surface area contributed by atoms with E-state index in [9.17, 15) is 28.1 Å². The summed E-state index contributed by atoms with van der Waals surface area (Å²) in [6, 6.07) is 4.31. The lowest BCUT2D eigenvalue weighted by Gasteiger charge is -2.35. The van der Waals surface area contributed by atoms with Crippen molar-refractivity contribution in [3.63, 3.8) is 0 Å². The third-order valence-corrected chi connectivity index (χ3v) is 7.80. The lowest BCUT2D eigenvalue weighted by Crippen LogP contribution is -2.46. The summed E-state index contributed by atoms with van der Waals surface area (Å²) < 4.78 is 27.0. The number of amides is 2. The van der Waals surface area contributed by atoms with E-state index >= 15 is 0 Å². The van der Waals surface area contributed by atoms with Gasteiger partial charge in [0.1, 0.15) is 11.5 Å². The Morgan fingerprint density at radius 3 is 2.71 bits per heavy atom. The minimum atomic E-state index is -3.97. The van der Waals surface area contributed by atoms with Crippen LogP contribution in [0.2, 0.25) is 0 Å².